The van der Waals surface area contributed by atoms with E-state index in [1.54, 1.807) is 4.90 Å². The van der Waals surface area contributed by atoms with Gasteiger partial charge in [0.25, 0.3) is 0 Å². The monoisotopic (exact) mass is 309 g/mol. The normalized spacial score (nSPS) is 18.7. The van der Waals surface area contributed by atoms with Gasteiger partial charge in [0.2, 0.25) is 11.8 Å². The quantitative estimate of drug-likeness (QED) is 0.888. The van der Waals surface area contributed by atoms with Crippen molar-refractivity contribution < 1.29 is 19.2 Å². The second-order valence-electron chi connectivity index (χ2n) is 6.78. The average Bonchev–Trinajstić information content (AvgIpc) is 3.07. The van der Waals surface area contributed by atoms with Crippen LogP contribution in [0.4, 0.5) is 0 Å². The van der Waals surface area contributed by atoms with Crippen molar-refractivity contribution in [2.75, 3.05) is 13.1 Å². The highest BCUT2D eigenvalue weighted by atomic mass is 16.5. The lowest BCUT2D eigenvalue weighted by atomic mass is 9.96. The molecule has 1 aliphatic heterocycles. The van der Waals surface area contributed by atoms with Crippen molar-refractivity contribution in [3.8, 4) is 0 Å². The van der Waals surface area contributed by atoms with E-state index in [4.69, 9.17) is 9.63 Å². The Bertz CT molecular complexity index is 547. The Balaban J connectivity index is 1.76. The topological polar surface area (TPSA) is 96.5 Å². The number of carbonyl (C=O) groups excluding carboxylic acids is 1. The summed E-state index contributed by atoms with van der Waals surface area (Å²) in [5, 5.41) is 12.9. The van der Waals surface area contributed by atoms with Gasteiger partial charge in [0.15, 0.2) is 5.82 Å². The van der Waals surface area contributed by atoms with E-state index in [0.29, 0.717) is 50.5 Å². The van der Waals surface area contributed by atoms with E-state index >= 15 is 0 Å². The SMILES string of the molecule is CC(C)(C)c1noc(CCCC(=O)N2CC[C@@H](C(=O)O)C2)n1. The van der Waals surface area contributed by atoms with E-state index in [1.807, 2.05) is 20.8 Å². The van der Waals surface area contributed by atoms with Crippen LogP contribution in [0.15, 0.2) is 4.52 Å². The lowest BCUT2D eigenvalue weighted by Crippen LogP contribution is -2.29. The lowest BCUT2D eigenvalue weighted by molar-refractivity contribution is -0.141. The fourth-order valence-corrected chi connectivity index (χ4v) is 2.40. The van der Waals surface area contributed by atoms with Gasteiger partial charge in [-0.2, -0.15) is 4.98 Å². The molecule has 1 saturated heterocycles. The van der Waals surface area contributed by atoms with Crippen LogP contribution < -0.4 is 0 Å². The number of hydrogen-bond donors (Lipinski definition) is 1. The number of aromatic nitrogens is 2. The van der Waals surface area contributed by atoms with Crippen LogP contribution in [0.25, 0.3) is 0 Å². The zero-order valence-corrected chi connectivity index (χ0v) is 13.3. The van der Waals surface area contributed by atoms with Crippen LogP contribution in [0, 0.1) is 5.92 Å². The molecule has 0 bridgehead atoms. The molecule has 2 rings (SSSR count). The van der Waals surface area contributed by atoms with Gasteiger partial charge in [0.1, 0.15) is 0 Å². The largest absolute Gasteiger partial charge is 0.481 e. The zero-order valence-electron chi connectivity index (χ0n) is 13.3. The van der Waals surface area contributed by atoms with Crippen LogP contribution in [-0.4, -0.2) is 45.1 Å². The number of carboxylic acid groups (broad SMARTS) is 1. The van der Waals surface area contributed by atoms with Crippen LogP contribution in [-0.2, 0) is 21.4 Å². The molecule has 1 N–H and O–H groups in total. The Labute approximate surface area is 129 Å². The predicted molar refractivity (Wildman–Crippen MR) is 78.3 cm³/mol. The van der Waals surface area contributed by atoms with Gasteiger partial charge in [0.05, 0.1) is 5.92 Å². The van der Waals surface area contributed by atoms with Crippen molar-refractivity contribution in [1.29, 1.82) is 0 Å². The summed E-state index contributed by atoms with van der Waals surface area (Å²) in [5.41, 5.74) is -0.154. The average molecular weight is 309 g/mol. The first kappa shape index (κ1) is 16.5. The van der Waals surface area contributed by atoms with Gasteiger partial charge < -0.3 is 14.5 Å². The van der Waals surface area contributed by atoms with Crippen LogP contribution in [0.3, 0.4) is 0 Å². The summed E-state index contributed by atoms with van der Waals surface area (Å²) >= 11 is 0. The minimum absolute atomic E-state index is 0.000639. The molecule has 1 aliphatic rings. The molecule has 0 radical (unpaired) electrons. The first-order chi connectivity index (χ1) is 10.3. The number of hydrogen-bond acceptors (Lipinski definition) is 5. The van der Waals surface area contributed by atoms with Crippen LogP contribution >= 0.6 is 0 Å². The number of nitrogens with zero attached hydrogens (tertiary/aromatic N) is 3. The molecule has 1 fully saturated rings. The molecule has 22 heavy (non-hydrogen) atoms. The van der Waals surface area contributed by atoms with Crippen molar-refractivity contribution in [1.82, 2.24) is 15.0 Å². The minimum atomic E-state index is -0.823. The number of aryl methyl sites for hydroxylation is 1. The van der Waals surface area contributed by atoms with E-state index in [2.05, 4.69) is 10.1 Å². The van der Waals surface area contributed by atoms with E-state index in [-0.39, 0.29) is 11.3 Å². The van der Waals surface area contributed by atoms with E-state index in [1.165, 1.54) is 0 Å². The number of amides is 1. The molecule has 1 amide bonds. The van der Waals surface area contributed by atoms with Gasteiger partial charge in [-0.15, -0.1) is 0 Å². The molecule has 1 aromatic heterocycles. The summed E-state index contributed by atoms with van der Waals surface area (Å²) < 4.78 is 5.18. The van der Waals surface area contributed by atoms with Crippen LogP contribution in [0.5, 0.6) is 0 Å². The van der Waals surface area contributed by atoms with Gasteiger partial charge in [-0.1, -0.05) is 25.9 Å². The number of aliphatic carboxylic acids is 1. The lowest BCUT2D eigenvalue weighted by Gasteiger charge is -2.15. The number of rotatable bonds is 5. The molecule has 0 unspecified atom stereocenters. The summed E-state index contributed by atoms with van der Waals surface area (Å²) in [5.74, 6) is -0.0374. The fourth-order valence-electron chi connectivity index (χ4n) is 2.40. The summed E-state index contributed by atoms with van der Waals surface area (Å²) in [7, 11) is 0. The maximum Gasteiger partial charge on any atom is 0.308 e. The summed E-state index contributed by atoms with van der Waals surface area (Å²) in [4.78, 5) is 28.9. The molecule has 122 valence electrons. The molecule has 0 aliphatic carbocycles. The maximum absolute atomic E-state index is 12.0. The first-order valence-corrected chi connectivity index (χ1v) is 7.61. The summed E-state index contributed by atoms with van der Waals surface area (Å²) in [6.45, 7) is 6.89. The van der Waals surface area contributed by atoms with Gasteiger partial charge in [-0.25, -0.2) is 0 Å². The van der Waals surface area contributed by atoms with Crippen molar-refractivity contribution in [3.05, 3.63) is 11.7 Å². The molecular weight excluding hydrogens is 286 g/mol. The van der Waals surface area contributed by atoms with Crippen molar-refractivity contribution in [2.45, 2.75) is 51.9 Å². The van der Waals surface area contributed by atoms with Gasteiger partial charge in [0, 0.05) is 31.3 Å². The highest BCUT2D eigenvalue weighted by Gasteiger charge is 2.30. The zero-order chi connectivity index (χ0) is 16.3. The first-order valence-electron chi connectivity index (χ1n) is 7.61. The Hall–Kier alpha value is -1.92. The van der Waals surface area contributed by atoms with Crippen LogP contribution in [0.1, 0.15) is 51.7 Å². The summed E-state index contributed by atoms with van der Waals surface area (Å²) in [6, 6.07) is 0. The molecule has 1 aromatic rings. The Morgan fingerprint density at radius 3 is 2.68 bits per heavy atom. The van der Waals surface area contributed by atoms with Gasteiger partial charge in [-0.3, -0.25) is 9.59 Å². The third-order valence-electron chi connectivity index (χ3n) is 3.81. The second-order valence-corrected chi connectivity index (χ2v) is 6.78. The van der Waals surface area contributed by atoms with Crippen LogP contribution in [0.2, 0.25) is 0 Å². The molecule has 1 atom stereocenters. The van der Waals surface area contributed by atoms with Crippen molar-refractivity contribution >= 4 is 11.9 Å². The molecule has 2 heterocycles. The highest BCUT2D eigenvalue weighted by molar-refractivity contribution is 5.78. The predicted octanol–water partition coefficient (Wildman–Crippen LogP) is 1.62. The van der Waals surface area contributed by atoms with E-state index in [9.17, 15) is 9.59 Å². The molecular formula is C15H23N3O4. The van der Waals surface area contributed by atoms with E-state index < -0.39 is 11.9 Å². The molecule has 0 spiro atoms. The van der Waals surface area contributed by atoms with Crippen molar-refractivity contribution in [2.24, 2.45) is 5.92 Å². The third kappa shape index (κ3) is 4.05. The van der Waals surface area contributed by atoms with Gasteiger partial charge >= 0.3 is 5.97 Å². The summed E-state index contributed by atoms with van der Waals surface area (Å²) in [6.07, 6.45) is 2.10. The minimum Gasteiger partial charge on any atom is -0.481 e. The fraction of sp³-hybridized carbons (Fsp3) is 0.733. The number of likely N-dealkylation sites (tertiary alicyclic amines) is 1. The maximum atomic E-state index is 12.0. The molecule has 7 nitrogen and oxygen atoms in total. The Morgan fingerprint density at radius 1 is 1.41 bits per heavy atom. The molecule has 0 saturated carbocycles. The standard InChI is InChI=1S/C15H23N3O4/c1-15(2,3)14-16-11(22-17-14)5-4-6-12(19)18-8-7-10(9-18)13(20)21/h10H,4-9H2,1-3H3,(H,20,21)/t10-/m1/s1. The Kier molecular flexibility index (Phi) is 4.83. The molecule has 0 aromatic carbocycles. The smallest absolute Gasteiger partial charge is 0.308 e. The van der Waals surface area contributed by atoms with Crippen molar-refractivity contribution in [3.63, 3.8) is 0 Å². The second kappa shape index (κ2) is 6.46. The number of carbonyl (C=O) groups is 2. The Morgan fingerprint density at radius 2 is 2.14 bits per heavy atom. The van der Waals surface area contributed by atoms with Gasteiger partial charge in [-0.05, 0) is 12.8 Å². The van der Waals surface area contributed by atoms with E-state index in [0.717, 1.165) is 0 Å². The number of carboxylic acids is 1. The highest BCUT2D eigenvalue weighted by Crippen LogP contribution is 2.20. The third-order valence-corrected chi connectivity index (χ3v) is 3.81. The molecule has 7 heteroatoms.